The predicted octanol–water partition coefficient (Wildman–Crippen LogP) is 3.57. The van der Waals surface area contributed by atoms with Gasteiger partial charge in [-0.1, -0.05) is 0 Å². The van der Waals surface area contributed by atoms with Crippen molar-refractivity contribution >= 4 is 22.7 Å². The van der Waals surface area contributed by atoms with Crippen molar-refractivity contribution in [2.45, 2.75) is 32.6 Å². The zero-order chi connectivity index (χ0) is 15.4. The van der Waals surface area contributed by atoms with E-state index in [2.05, 4.69) is 15.5 Å². The molecule has 0 saturated heterocycles. The maximum Gasteiger partial charge on any atom is 0.203 e. The van der Waals surface area contributed by atoms with Crippen LogP contribution in [0.4, 0.5) is 5.13 Å². The molecule has 1 heterocycles. The molecule has 1 aliphatic rings. The minimum absolute atomic E-state index is 0.138. The number of rotatable bonds is 5. The summed E-state index contributed by atoms with van der Waals surface area (Å²) < 4.78 is 5.35. The summed E-state index contributed by atoms with van der Waals surface area (Å²) in [5, 5.41) is 14.7. The molecule has 1 aliphatic carbocycles. The van der Waals surface area contributed by atoms with E-state index < -0.39 is 0 Å². The summed E-state index contributed by atoms with van der Waals surface area (Å²) in [6.45, 7) is 2.39. The third-order valence-corrected chi connectivity index (χ3v) is 4.57. The quantitative estimate of drug-likeness (QED) is 0.653. The van der Waals surface area contributed by atoms with Crippen molar-refractivity contribution in [3.05, 3.63) is 34.3 Å². The Balaban J connectivity index is 1.66. The summed E-state index contributed by atoms with van der Waals surface area (Å²) in [6.07, 6.45) is 6.39. The van der Waals surface area contributed by atoms with Gasteiger partial charge in [0, 0.05) is 4.88 Å². The number of aromatic hydroxyl groups is 1. The van der Waals surface area contributed by atoms with Gasteiger partial charge in [0.15, 0.2) is 11.5 Å². The molecule has 6 heteroatoms. The number of phenolic OH excluding ortho intramolecular Hbond substituents is 1. The van der Waals surface area contributed by atoms with Crippen molar-refractivity contribution in [3.8, 4) is 11.5 Å². The minimum Gasteiger partial charge on any atom is -0.504 e. The molecule has 0 bridgehead atoms. The van der Waals surface area contributed by atoms with Crippen LogP contribution in [0.25, 0.3) is 0 Å². The number of hydrazone groups is 1. The van der Waals surface area contributed by atoms with E-state index in [1.807, 2.05) is 6.92 Å². The second-order valence-electron chi connectivity index (χ2n) is 5.13. The Labute approximate surface area is 133 Å². The highest BCUT2D eigenvalue weighted by molar-refractivity contribution is 7.15. The highest BCUT2D eigenvalue weighted by atomic mass is 32.1. The molecule has 1 aromatic heterocycles. The molecule has 0 amide bonds. The van der Waals surface area contributed by atoms with Gasteiger partial charge >= 0.3 is 0 Å². The number of nitrogens with one attached hydrogen (secondary N) is 1. The van der Waals surface area contributed by atoms with Crippen LogP contribution in [0.5, 0.6) is 11.5 Å². The van der Waals surface area contributed by atoms with Crippen molar-refractivity contribution < 1.29 is 9.84 Å². The van der Waals surface area contributed by atoms with E-state index in [9.17, 15) is 5.11 Å². The minimum atomic E-state index is 0.138. The van der Waals surface area contributed by atoms with E-state index in [1.165, 1.54) is 23.4 Å². The van der Waals surface area contributed by atoms with E-state index in [0.717, 1.165) is 23.5 Å². The van der Waals surface area contributed by atoms with Gasteiger partial charge in [0.05, 0.1) is 18.5 Å². The van der Waals surface area contributed by atoms with Crippen LogP contribution in [-0.4, -0.2) is 22.9 Å². The number of phenols is 1. The molecule has 0 radical (unpaired) electrons. The molecule has 0 atom stereocenters. The molecule has 2 aromatic rings. The number of aromatic nitrogens is 1. The van der Waals surface area contributed by atoms with E-state index in [-0.39, 0.29) is 5.75 Å². The average Bonchev–Trinajstić information content (AvgIpc) is 2.93. The van der Waals surface area contributed by atoms with Crippen LogP contribution >= 0.6 is 11.3 Å². The highest BCUT2D eigenvalue weighted by Crippen LogP contribution is 2.29. The molecule has 0 spiro atoms. The first-order valence-corrected chi connectivity index (χ1v) is 8.31. The number of hydrogen-bond donors (Lipinski definition) is 2. The van der Waals surface area contributed by atoms with Crippen molar-refractivity contribution in [2.24, 2.45) is 5.10 Å². The van der Waals surface area contributed by atoms with Crippen LogP contribution in [0.1, 0.15) is 35.9 Å². The first-order valence-electron chi connectivity index (χ1n) is 7.49. The van der Waals surface area contributed by atoms with Gasteiger partial charge < -0.3 is 9.84 Å². The molecule has 0 saturated carbocycles. The normalized spacial score (nSPS) is 14.0. The van der Waals surface area contributed by atoms with Crippen molar-refractivity contribution in [2.75, 3.05) is 12.0 Å². The van der Waals surface area contributed by atoms with Crippen LogP contribution < -0.4 is 10.2 Å². The Bertz CT molecular complexity index is 659. The molecular formula is C16H19N3O2S. The Morgan fingerprint density at radius 3 is 3.09 bits per heavy atom. The van der Waals surface area contributed by atoms with E-state index in [1.54, 1.807) is 35.8 Å². The summed E-state index contributed by atoms with van der Waals surface area (Å²) in [7, 11) is 0. The standard InChI is InChI=1S/C16H19N3O2S/c1-2-21-14-9-11(7-8-13(14)20)10-17-19-16-18-12-5-3-4-6-15(12)22-16/h7-10,20H,2-6H2,1H3,(H,18,19)/b17-10+. The van der Waals surface area contributed by atoms with Gasteiger partial charge in [-0.05, 0) is 56.4 Å². The van der Waals surface area contributed by atoms with Crippen LogP contribution in [0.3, 0.4) is 0 Å². The molecule has 1 aromatic carbocycles. The zero-order valence-electron chi connectivity index (χ0n) is 12.5. The first-order chi connectivity index (χ1) is 10.8. The number of thiazole rings is 1. The van der Waals surface area contributed by atoms with Crippen LogP contribution in [-0.2, 0) is 12.8 Å². The van der Waals surface area contributed by atoms with Crippen molar-refractivity contribution in [3.63, 3.8) is 0 Å². The molecule has 22 heavy (non-hydrogen) atoms. The Kier molecular flexibility index (Phi) is 4.58. The average molecular weight is 317 g/mol. The number of nitrogens with zero attached hydrogens (tertiary/aromatic N) is 2. The molecule has 116 valence electrons. The Hall–Kier alpha value is -2.08. The van der Waals surface area contributed by atoms with Gasteiger partial charge in [-0.15, -0.1) is 11.3 Å². The van der Waals surface area contributed by atoms with Crippen LogP contribution in [0, 0.1) is 0 Å². The lowest BCUT2D eigenvalue weighted by Crippen LogP contribution is -1.99. The number of benzene rings is 1. The summed E-state index contributed by atoms with van der Waals surface area (Å²) in [5.74, 6) is 0.607. The van der Waals surface area contributed by atoms with Crippen LogP contribution in [0.15, 0.2) is 23.3 Å². The topological polar surface area (TPSA) is 66.7 Å². The highest BCUT2D eigenvalue weighted by Gasteiger charge is 2.14. The number of aryl methyl sites for hydroxylation is 2. The smallest absolute Gasteiger partial charge is 0.203 e. The monoisotopic (exact) mass is 317 g/mol. The van der Waals surface area contributed by atoms with E-state index in [4.69, 9.17) is 4.74 Å². The number of anilines is 1. The lowest BCUT2D eigenvalue weighted by atomic mass is 10.0. The summed E-state index contributed by atoms with van der Waals surface area (Å²) >= 11 is 1.68. The SMILES string of the molecule is CCOc1cc(/C=N/Nc2nc3c(s2)CCCC3)ccc1O. The molecule has 0 fully saturated rings. The van der Waals surface area contributed by atoms with Gasteiger partial charge in [0.1, 0.15) is 0 Å². The van der Waals surface area contributed by atoms with Gasteiger partial charge in [-0.2, -0.15) is 5.10 Å². The second kappa shape index (κ2) is 6.79. The Morgan fingerprint density at radius 1 is 1.41 bits per heavy atom. The predicted molar refractivity (Wildman–Crippen MR) is 89.2 cm³/mol. The third-order valence-electron chi connectivity index (χ3n) is 3.50. The lowest BCUT2D eigenvalue weighted by Gasteiger charge is -2.06. The molecule has 0 unspecified atom stereocenters. The summed E-state index contributed by atoms with van der Waals surface area (Å²) in [5.41, 5.74) is 5.07. The van der Waals surface area contributed by atoms with Crippen LogP contribution in [0.2, 0.25) is 0 Å². The molecule has 3 rings (SSSR count). The number of hydrogen-bond acceptors (Lipinski definition) is 6. The Morgan fingerprint density at radius 2 is 2.27 bits per heavy atom. The molecule has 2 N–H and O–H groups in total. The van der Waals surface area contributed by atoms with Crippen molar-refractivity contribution in [1.82, 2.24) is 4.98 Å². The largest absolute Gasteiger partial charge is 0.504 e. The number of ether oxygens (including phenoxy) is 1. The van der Waals surface area contributed by atoms with Crippen molar-refractivity contribution in [1.29, 1.82) is 0 Å². The fraction of sp³-hybridized carbons (Fsp3) is 0.375. The van der Waals surface area contributed by atoms with Gasteiger partial charge in [0.2, 0.25) is 5.13 Å². The fourth-order valence-electron chi connectivity index (χ4n) is 2.44. The fourth-order valence-corrected chi connectivity index (χ4v) is 3.44. The van der Waals surface area contributed by atoms with E-state index in [0.29, 0.717) is 12.4 Å². The molecule has 5 nitrogen and oxygen atoms in total. The zero-order valence-corrected chi connectivity index (χ0v) is 13.3. The lowest BCUT2D eigenvalue weighted by molar-refractivity contribution is 0.318. The van der Waals surface area contributed by atoms with Gasteiger partial charge in [0.25, 0.3) is 0 Å². The third kappa shape index (κ3) is 3.39. The molecule has 0 aliphatic heterocycles. The van der Waals surface area contributed by atoms with Gasteiger partial charge in [-0.3, -0.25) is 5.43 Å². The number of fused-ring (bicyclic) bond motifs is 1. The van der Waals surface area contributed by atoms with E-state index >= 15 is 0 Å². The second-order valence-corrected chi connectivity index (χ2v) is 6.21. The van der Waals surface area contributed by atoms with Gasteiger partial charge in [-0.25, -0.2) is 4.98 Å². The summed E-state index contributed by atoms with van der Waals surface area (Å²) in [4.78, 5) is 5.95. The molecular weight excluding hydrogens is 298 g/mol. The maximum atomic E-state index is 9.67. The first kappa shape index (κ1) is 14.8. The summed E-state index contributed by atoms with van der Waals surface area (Å²) in [6, 6.07) is 5.15. The maximum absolute atomic E-state index is 9.67.